The molecule has 14 nitrogen and oxygen atoms in total. The molecule has 16 heteroatoms. The maximum Gasteiger partial charge on any atom is 0.472 e. The van der Waals surface area contributed by atoms with E-state index in [4.69, 9.17) is 28.5 Å². The minimum atomic E-state index is -4.87. The topological polar surface area (TPSA) is 208 Å². The van der Waals surface area contributed by atoms with Crippen LogP contribution in [-0.2, 0) is 46.5 Å². The maximum absolute atomic E-state index is 12.7. The minimum Gasteiger partial charge on any atom is -0.462 e. The van der Waals surface area contributed by atoms with Crippen molar-refractivity contribution in [1.82, 2.24) is 0 Å². The highest BCUT2D eigenvalue weighted by atomic mass is 31.2. The highest BCUT2D eigenvalue weighted by Crippen LogP contribution is 2.44. The number of hydrogen-bond acceptors (Lipinski definition) is 11. The third-order valence-electron chi connectivity index (χ3n) is 9.58. The van der Waals surface area contributed by atoms with Gasteiger partial charge in [0.05, 0.1) is 32.0 Å². The molecule has 4 N–H and O–H groups in total. The number of allylic oxidation sites excluding steroid dienone is 6. The van der Waals surface area contributed by atoms with Gasteiger partial charge in [0.15, 0.2) is 6.10 Å². The average Bonchev–Trinajstić information content (AvgIpc) is 3.96. The molecule has 0 radical (unpaired) electrons. The molecule has 60 heavy (non-hydrogen) atoms. The Balaban J connectivity index is 2.39. The lowest BCUT2D eigenvalue weighted by Gasteiger charge is -2.20. The number of aliphatic hydroxyl groups is 1. The molecule has 5 atom stereocenters. The van der Waals surface area contributed by atoms with Crippen molar-refractivity contribution in [2.24, 2.45) is 0 Å². The first-order chi connectivity index (χ1) is 28.8. The van der Waals surface area contributed by atoms with Gasteiger partial charge in [-0.1, -0.05) is 127 Å². The van der Waals surface area contributed by atoms with Crippen LogP contribution < -0.4 is 0 Å². The van der Waals surface area contributed by atoms with Gasteiger partial charge in [0.2, 0.25) is 0 Å². The Kier molecular flexibility index (Phi) is 34.1. The van der Waals surface area contributed by atoms with E-state index in [2.05, 4.69) is 59.4 Å². The fourth-order valence-corrected chi connectivity index (χ4v) is 7.18. The summed E-state index contributed by atoms with van der Waals surface area (Å²) in [4.78, 5) is 52.7. The van der Waals surface area contributed by atoms with Crippen LogP contribution in [0.5, 0.6) is 0 Å². The normalized spacial score (nSPS) is 17.8. The number of aliphatic hydroxyl groups excluding tert-OH is 1. The molecule has 1 fully saturated rings. The molecule has 0 amide bonds. The third-order valence-corrected chi connectivity index (χ3v) is 11.0. The van der Waals surface area contributed by atoms with Crippen molar-refractivity contribution in [1.29, 1.82) is 0 Å². The summed E-state index contributed by atoms with van der Waals surface area (Å²) in [7, 11) is -9.70. The van der Waals surface area contributed by atoms with Gasteiger partial charge in [0.1, 0.15) is 12.7 Å². The zero-order chi connectivity index (χ0) is 44.2. The number of carbonyl (C=O) groups is 2. The smallest absolute Gasteiger partial charge is 0.462 e. The zero-order valence-corrected chi connectivity index (χ0v) is 38.3. The average molecular weight is 893 g/mol. The molecule has 348 valence electrons. The van der Waals surface area contributed by atoms with Crippen molar-refractivity contribution in [3.8, 4) is 0 Å². The molecule has 1 heterocycles. The molecule has 0 aromatic heterocycles. The van der Waals surface area contributed by atoms with E-state index >= 15 is 0 Å². The highest BCUT2D eigenvalue weighted by molar-refractivity contribution is 7.47. The molecular weight excluding hydrogens is 814 g/mol. The van der Waals surface area contributed by atoms with Crippen LogP contribution in [0, 0.1) is 0 Å². The van der Waals surface area contributed by atoms with Crippen LogP contribution in [0.3, 0.4) is 0 Å². The molecule has 1 saturated heterocycles. The third kappa shape index (κ3) is 36.7. The summed E-state index contributed by atoms with van der Waals surface area (Å²) in [6.45, 7) is 1.65. The molecule has 0 spiro atoms. The first-order valence-corrected chi connectivity index (χ1v) is 25.5. The Labute approximate surface area is 360 Å². The number of ether oxygens (including phenoxy) is 3. The fourth-order valence-electron chi connectivity index (χ4n) is 6.02. The first-order valence-electron chi connectivity index (χ1n) is 22.5. The Morgan fingerprint density at radius 2 is 1.03 bits per heavy atom. The van der Waals surface area contributed by atoms with Crippen molar-refractivity contribution in [3.05, 3.63) is 48.6 Å². The fraction of sp³-hybridized carbons (Fsp3) is 0.773. The zero-order valence-electron chi connectivity index (χ0n) is 36.5. The SMILES string of the molecule is CCCCC/C=C\CC1OC1C/C=C\C/C=C\CCCC(=O)OC[C@H](COP(=O)(O)OC[C@@H](O)COP(=O)(O)O)OC(=O)CCCCCCC/C=C\CCCCCCCC. The van der Waals surface area contributed by atoms with Gasteiger partial charge in [-0.25, -0.2) is 9.13 Å². The predicted octanol–water partition coefficient (Wildman–Crippen LogP) is 10.4. The second-order valence-electron chi connectivity index (χ2n) is 15.4. The number of phosphoric ester groups is 2. The van der Waals surface area contributed by atoms with Gasteiger partial charge >= 0.3 is 27.6 Å². The van der Waals surface area contributed by atoms with Crippen LogP contribution >= 0.6 is 15.6 Å². The lowest BCUT2D eigenvalue weighted by atomic mass is 10.1. The molecular formula is C44H78O14P2. The number of phosphoric acid groups is 2. The minimum absolute atomic E-state index is 0.106. The molecule has 1 aliphatic rings. The molecule has 3 unspecified atom stereocenters. The van der Waals surface area contributed by atoms with Crippen LogP contribution in [0.1, 0.15) is 168 Å². The molecule has 0 aromatic rings. The Hall–Kier alpha value is -1.96. The quantitative estimate of drug-likeness (QED) is 0.0148. The number of hydrogen-bond donors (Lipinski definition) is 4. The van der Waals surface area contributed by atoms with Gasteiger partial charge in [0.25, 0.3) is 0 Å². The highest BCUT2D eigenvalue weighted by Gasteiger charge is 2.36. The van der Waals surface area contributed by atoms with Gasteiger partial charge in [-0.2, -0.15) is 0 Å². The van der Waals surface area contributed by atoms with Crippen molar-refractivity contribution < 1.29 is 66.3 Å². The molecule has 1 rings (SSSR count). The van der Waals surface area contributed by atoms with E-state index in [0.29, 0.717) is 31.5 Å². The van der Waals surface area contributed by atoms with E-state index in [1.807, 2.05) is 12.2 Å². The second kappa shape index (κ2) is 36.5. The summed E-state index contributed by atoms with van der Waals surface area (Å²) in [6, 6.07) is 0. The van der Waals surface area contributed by atoms with Crippen molar-refractivity contribution >= 4 is 27.6 Å². The van der Waals surface area contributed by atoms with Gasteiger partial charge < -0.3 is 34.0 Å². The van der Waals surface area contributed by atoms with Crippen molar-refractivity contribution in [2.75, 3.05) is 26.4 Å². The lowest BCUT2D eigenvalue weighted by Crippen LogP contribution is -2.30. The van der Waals surface area contributed by atoms with Crippen LogP contribution in [-0.4, -0.2) is 82.6 Å². The number of unbranched alkanes of at least 4 members (excludes halogenated alkanes) is 15. The van der Waals surface area contributed by atoms with E-state index in [0.717, 1.165) is 64.2 Å². The summed E-state index contributed by atoms with van der Waals surface area (Å²) in [5.74, 6) is -1.11. The number of esters is 2. The Morgan fingerprint density at radius 1 is 0.567 bits per heavy atom. The van der Waals surface area contributed by atoms with Gasteiger partial charge in [-0.15, -0.1) is 0 Å². The number of carbonyl (C=O) groups excluding carboxylic acids is 2. The van der Waals surface area contributed by atoms with E-state index < -0.39 is 66.2 Å². The molecule has 0 aromatic carbocycles. The van der Waals surface area contributed by atoms with Crippen molar-refractivity contribution in [3.63, 3.8) is 0 Å². The summed E-state index contributed by atoms with van der Waals surface area (Å²) >= 11 is 0. The lowest BCUT2D eigenvalue weighted by molar-refractivity contribution is -0.161. The van der Waals surface area contributed by atoms with E-state index in [1.165, 1.54) is 57.8 Å². The molecule has 1 aliphatic heterocycles. The van der Waals surface area contributed by atoms with E-state index in [-0.39, 0.29) is 12.8 Å². The summed E-state index contributed by atoms with van der Waals surface area (Å²) in [5.41, 5.74) is 0. The summed E-state index contributed by atoms with van der Waals surface area (Å²) in [5, 5.41) is 9.75. The van der Waals surface area contributed by atoms with Crippen LogP contribution in [0.2, 0.25) is 0 Å². The second-order valence-corrected chi connectivity index (χ2v) is 18.0. The van der Waals surface area contributed by atoms with Crippen LogP contribution in [0.25, 0.3) is 0 Å². The largest absolute Gasteiger partial charge is 0.472 e. The Morgan fingerprint density at radius 3 is 1.68 bits per heavy atom. The first kappa shape index (κ1) is 56.1. The molecule has 0 saturated carbocycles. The van der Waals surface area contributed by atoms with Crippen molar-refractivity contribution in [2.45, 2.75) is 192 Å². The predicted molar refractivity (Wildman–Crippen MR) is 234 cm³/mol. The monoisotopic (exact) mass is 892 g/mol. The van der Waals surface area contributed by atoms with Crippen LogP contribution in [0.15, 0.2) is 48.6 Å². The molecule has 0 bridgehead atoms. The van der Waals surface area contributed by atoms with Gasteiger partial charge in [0, 0.05) is 12.8 Å². The standard InChI is InChI=1S/C44H78O14P2/c1-3-5-7-9-11-12-13-14-15-16-17-18-21-26-30-34-44(47)57-40(38-56-60(51,52)55-36-39(45)35-54-59(48,49)50)37-53-43(46)33-29-25-22-19-20-24-28-32-42-41(58-42)31-27-23-10-8-6-4-2/h14-15,19,22-24,27-28,39-42,45H,3-13,16-18,20-21,25-26,29-38H2,1-2H3,(H,51,52)(H2,48,49,50)/b15-14-,22-19-,27-23-,28-24-/t39-,40+,41?,42?/m0/s1. The van der Waals surface area contributed by atoms with E-state index in [9.17, 15) is 28.7 Å². The summed E-state index contributed by atoms with van der Waals surface area (Å²) in [6.07, 6.45) is 38.5. The van der Waals surface area contributed by atoms with E-state index in [1.54, 1.807) is 0 Å². The molecule has 0 aliphatic carbocycles. The van der Waals surface area contributed by atoms with Crippen LogP contribution in [0.4, 0.5) is 0 Å². The number of epoxide rings is 1. The number of rotatable bonds is 41. The maximum atomic E-state index is 12.7. The van der Waals surface area contributed by atoms with Gasteiger partial charge in [-0.05, 0) is 77.0 Å². The Bertz CT molecular complexity index is 1310. The van der Waals surface area contributed by atoms with Gasteiger partial charge in [-0.3, -0.25) is 23.2 Å². The summed E-state index contributed by atoms with van der Waals surface area (Å²) < 4.78 is 53.5.